The summed E-state index contributed by atoms with van der Waals surface area (Å²) in [6.07, 6.45) is 2.22. The molecule has 1 unspecified atom stereocenters. The monoisotopic (exact) mass is 340 g/mol. The maximum Gasteiger partial charge on any atom is 0.253 e. The van der Waals surface area contributed by atoms with Gasteiger partial charge >= 0.3 is 0 Å². The number of carbonyl (C=O) groups is 1. The molecule has 1 aliphatic heterocycles. The van der Waals surface area contributed by atoms with Gasteiger partial charge in [0.15, 0.2) is 0 Å². The second-order valence-electron chi connectivity index (χ2n) is 5.36. The van der Waals surface area contributed by atoms with Crippen LogP contribution in [0.4, 0.5) is 0 Å². The molecule has 5 heteroatoms. The van der Waals surface area contributed by atoms with Gasteiger partial charge in [-0.15, -0.1) is 0 Å². The number of methoxy groups -OCH3 is 1. The van der Waals surface area contributed by atoms with E-state index < -0.39 is 0 Å². The topological polar surface area (TPSA) is 32.8 Å². The predicted molar refractivity (Wildman–Crippen MR) is 83.3 cm³/mol. The second kappa shape index (κ2) is 6.59. The summed E-state index contributed by atoms with van der Waals surface area (Å²) >= 11 is 3.43. The molecule has 1 aromatic carbocycles. The van der Waals surface area contributed by atoms with Crippen molar-refractivity contribution < 1.29 is 9.53 Å². The smallest absolute Gasteiger partial charge is 0.253 e. The van der Waals surface area contributed by atoms with E-state index in [1.54, 1.807) is 7.11 Å². The fourth-order valence-electron chi connectivity index (χ4n) is 2.54. The van der Waals surface area contributed by atoms with Gasteiger partial charge in [-0.1, -0.05) is 0 Å². The first-order valence-electron chi connectivity index (χ1n) is 6.82. The Balaban J connectivity index is 2.12. The zero-order valence-corrected chi connectivity index (χ0v) is 13.8. The van der Waals surface area contributed by atoms with Gasteiger partial charge < -0.3 is 14.5 Å². The SMILES string of the molecule is COc1ccc(C(=O)N2CCCC(N(C)C)C2)cc1Br. The van der Waals surface area contributed by atoms with Crippen LogP contribution in [0.15, 0.2) is 22.7 Å². The average molecular weight is 341 g/mol. The largest absolute Gasteiger partial charge is 0.496 e. The summed E-state index contributed by atoms with van der Waals surface area (Å²) in [7, 11) is 5.76. The summed E-state index contributed by atoms with van der Waals surface area (Å²) < 4.78 is 6.01. The Morgan fingerprint density at radius 3 is 2.80 bits per heavy atom. The summed E-state index contributed by atoms with van der Waals surface area (Å²) in [6, 6.07) is 5.94. The van der Waals surface area contributed by atoms with Gasteiger partial charge in [-0.05, 0) is 61.1 Å². The van der Waals surface area contributed by atoms with Gasteiger partial charge in [0.25, 0.3) is 5.91 Å². The molecule has 4 nitrogen and oxygen atoms in total. The molecule has 1 heterocycles. The highest BCUT2D eigenvalue weighted by molar-refractivity contribution is 9.10. The molecule has 1 amide bonds. The molecule has 1 aliphatic rings. The van der Waals surface area contributed by atoms with Crippen molar-refractivity contribution in [3.8, 4) is 5.75 Å². The lowest BCUT2D eigenvalue weighted by molar-refractivity contribution is 0.0635. The van der Waals surface area contributed by atoms with Gasteiger partial charge in [0.05, 0.1) is 11.6 Å². The number of halogens is 1. The molecule has 1 fully saturated rings. The van der Waals surface area contributed by atoms with Crippen molar-refractivity contribution in [3.63, 3.8) is 0 Å². The fraction of sp³-hybridized carbons (Fsp3) is 0.533. The number of nitrogens with zero attached hydrogens (tertiary/aromatic N) is 2. The molecule has 20 heavy (non-hydrogen) atoms. The number of likely N-dealkylation sites (tertiary alicyclic amines) is 1. The van der Waals surface area contributed by atoms with E-state index in [2.05, 4.69) is 34.9 Å². The minimum absolute atomic E-state index is 0.0971. The number of amides is 1. The number of ether oxygens (including phenoxy) is 1. The van der Waals surface area contributed by atoms with Gasteiger partial charge in [0.2, 0.25) is 0 Å². The zero-order valence-electron chi connectivity index (χ0n) is 12.2. The summed E-state index contributed by atoms with van der Waals surface area (Å²) in [5, 5.41) is 0. The number of hydrogen-bond donors (Lipinski definition) is 0. The van der Waals surface area contributed by atoms with E-state index in [0.717, 1.165) is 36.2 Å². The van der Waals surface area contributed by atoms with E-state index in [1.807, 2.05) is 23.1 Å². The lowest BCUT2D eigenvalue weighted by atomic mass is 10.0. The first kappa shape index (κ1) is 15.3. The molecule has 2 rings (SSSR count). The van der Waals surface area contributed by atoms with E-state index >= 15 is 0 Å². The van der Waals surface area contributed by atoms with E-state index in [4.69, 9.17) is 4.74 Å². The molecule has 0 aliphatic carbocycles. The van der Waals surface area contributed by atoms with Gasteiger partial charge in [-0.2, -0.15) is 0 Å². The van der Waals surface area contributed by atoms with Crippen molar-refractivity contribution in [1.82, 2.24) is 9.80 Å². The Morgan fingerprint density at radius 2 is 2.20 bits per heavy atom. The van der Waals surface area contributed by atoms with Crippen LogP contribution >= 0.6 is 15.9 Å². The number of hydrogen-bond acceptors (Lipinski definition) is 3. The van der Waals surface area contributed by atoms with Crippen molar-refractivity contribution >= 4 is 21.8 Å². The normalized spacial score (nSPS) is 19.2. The first-order valence-corrected chi connectivity index (χ1v) is 7.61. The lowest BCUT2D eigenvalue weighted by Crippen LogP contribution is -2.47. The summed E-state index contributed by atoms with van der Waals surface area (Å²) in [4.78, 5) is 16.7. The van der Waals surface area contributed by atoms with Crippen LogP contribution in [0.3, 0.4) is 0 Å². The van der Waals surface area contributed by atoms with Crippen LogP contribution in [0.2, 0.25) is 0 Å². The van der Waals surface area contributed by atoms with Crippen LogP contribution in [-0.2, 0) is 0 Å². The summed E-state index contributed by atoms with van der Waals surface area (Å²) in [5.74, 6) is 0.839. The number of likely N-dealkylation sites (N-methyl/N-ethyl adjacent to an activating group) is 1. The molecular weight excluding hydrogens is 320 g/mol. The highest BCUT2D eigenvalue weighted by atomic mass is 79.9. The van der Waals surface area contributed by atoms with Gasteiger partial charge in [0.1, 0.15) is 5.75 Å². The lowest BCUT2D eigenvalue weighted by Gasteiger charge is -2.36. The van der Waals surface area contributed by atoms with Gasteiger partial charge in [0, 0.05) is 24.7 Å². The predicted octanol–water partition coefficient (Wildman–Crippen LogP) is 2.62. The molecule has 110 valence electrons. The third-order valence-corrected chi connectivity index (χ3v) is 4.43. The van der Waals surface area contributed by atoms with Crippen molar-refractivity contribution in [3.05, 3.63) is 28.2 Å². The standard InChI is InChI=1S/C15H21BrN2O2/c1-17(2)12-5-4-8-18(10-12)15(19)11-6-7-14(20-3)13(16)9-11/h6-7,9,12H,4-5,8,10H2,1-3H3. The molecule has 0 spiro atoms. The Morgan fingerprint density at radius 1 is 1.45 bits per heavy atom. The van der Waals surface area contributed by atoms with Gasteiger partial charge in [-0.3, -0.25) is 4.79 Å². The van der Waals surface area contributed by atoms with Crippen LogP contribution in [-0.4, -0.2) is 56.0 Å². The van der Waals surface area contributed by atoms with E-state index in [9.17, 15) is 4.79 Å². The first-order chi connectivity index (χ1) is 9.52. The highest BCUT2D eigenvalue weighted by Crippen LogP contribution is 2.26. The molecule has 1 atom stereocenters. The Hall–Kier alpha value is -1.07. The highest BCUT2D eigenvalue weighted by Gasteiger charge is 2.25. The fourth-order valence-corrected chi connectivity index (χ4v) is 3.08. The Labute approximate surface area is 128 Å². The van der Waals surface area contributed by atoms with Gasteiger partial charge in [-0.25, -0.2) is 0 Å². The second-order valence-corrected chi connectivity index (χ2v) is 6.21. The third kappa shape index (κ3) is 3.33. The van der Waals surface area contributed by atoms with Crippen molar-refractivity contribution in [2.45, 2.75) is 18.9 Å². The molecule has 0 bridgehead atoms. The number of piperidine rings is 1. The van der Waals surface area contributed by atoms with Crippen molar-refractivity contribution in [1.29, 1.82) is 0 Å². The molecule has 0 radical (unpaired) electrons. The Kier molecular flexibility index (Phi) is 5.05. The minimum atomic E-state index is 0.0971. The molecule has 1 aromatic rings. The quantitative estimate of drug-likeness (QED) is 0.847. The maximum atomic E-state index is 12.6. The van der Waals surface area contributed by atoms with Crippen LogP contribution in [0.25, 0.3) is 0 Å². The molecule has 0 aromatic heterocycles. The molecule has 0 saturated carbocycles. The molecular formula is C15H21BrN2O2. The maximum absolute atomic E-state index is 12.6. The molecule has 0 N–H and O–H groups in total. The van der Waals surface area contributed by atoms with E-state index in [1.165, 1.54) is 0 Å². The van der Waals surface area contributed by atoms with Crippen LogP contribution in [0.1, 0.15) is 23.2 Å². The Bertz CT molecular complexity index is 491. The van der Waals surface area contributed by atoms with E-state index in [-0.39, 0.29) is 5.91 Å². The molecule has 1 saturated heterocycles. The van der Waals surface area contributed by atoms with E-state index in [0.29, 0.717) is 11.6 Å². The number of benzene rings is 1. The number of rotatable bonds is 3. The third-order valence-electron chi connectivity index (χ3n) is 3.81. The minimum Gasteiger partial charge on any atom is -0.496 e. The van der Waals surface area contributed by atoms with Crippen LogP contribution in [0.5, 0.6) is 5.75 Å². The average Bonchev–Trinajstić information content (AvgIpc) is 2.46. The van der Waals surface area contributed by atoms with Crippen LogP contribution < -0.4 is 4.74 Å². The summed E-state index contributed by atoms with van der Waals surface area (Å²) in [6.45, 7) is 1.64. The van der Waals surface area contributed by atoms with Crippen molar-refractivity contribution in [2.75, 3.05) is 34.3 Å². The summed E-state index contributed by atoms with van der Waals surface area (Å²) in [5.41, 5.74) is 0.706. The number of carbonyl (C=O) groups excluding carboxylic acids is 1. The van der Waals surface area contributed by atoms with Crippen molar-refractivity contribution in [2.24, 2.45) is 0 Å². The zero-order chi connectivity index (χ0) is 14.7. The van der Waals surface area contributed by atoms with Crippen LogP contribution in [0, 0.1) is 0 Å².